The summed E-state index contributed by atoms with van der Waals surface area (Å²) in [4.78, 5) is 23.9. The zero-order chi connectivity index (χ0) is 39.5. The minimum Gasteiger partial charge on any atom is -0.550 e. The van der Waals surface area contributed by atoms with Crippen LogP contribution in [0.25, 0.3) is 11.3 Å². The van der Waals surface area contributed by atoms with Crippen LogP contribution in [-0.4, -0.2) is 39.7 Å². The Kier molecular flexibility index (Phi) is 14.0. The summed E-state index contributed by atoms with van der Waals surface area (Å²) in [5, 5.41) is 21.2. The summed E-state index contributed by atoms with van der Waals surface area (Å²) in [5.41, 5.74) is -8.18. The number of aromatic nitrogens is 3. The van der Waals surface area contributed by atoms with Crippen LogP contribution in [0.1, 0.15) is 60.2 Å². The zero-order valence-corrected chi connectivity index (χ0v) is 30.9. The molecular formula is C34H29F10N4NaO5. The molecule has 0 atom stereocenters. The second-order valence-corrected chi connectivity index (χ2v) is 12.1. The quantitative estimate of drug-likeness (QED) is 0.122. The Labute approximate surface area is 323 Å². The largest absolute Gasteiger partial charge is 1.00 e. The number of rotatable bonds is 13. The Morgan fingerprint density at radius 3 is 1.93 bits per heavy atom. The number of pyridine rings is 1. The number of carboxylic acid groups (broad SMARTS) is 1. The van der Waals surface area contributed by atoms with Gasteiger partial charge in [-0.1, -0.05) is 6.07 Å². The molecule has 0 saturated heterocycles. The molecule has 54 heavy (non-hydrogen) atoms. The number of benzene rings is 2. The first-order chi connectivity index (χ1) is 24.5. The van der Waals surface area contributed by atoms with Gasteiger partial charge in [0.2, 0.25) is 5.95 Å². The molecule has 2 heterocycles. The predicted molar refractivity (Wildman–Crippen MR) is 165 cm³/mol. The van der Waals surface area contributed by atoms with Gasteiger partial charge in [0, 0.05) is 30.7 Å². The minimum absolute atomic E-state index is 0. The molecule has 20 heteroatoms. The number of aliphatic carboxylic acids is 1. The second kappa shape index (κ2) is 17.1. The van der Waals surface area contributed by atoms with E-state index < -0.39 is 82.9 Å². The van der Waals surface area contributed by atoms with Gasteiger partial charge in [0.15, 0.2) is 11.6 Å². The van der Waals surface area contributed by atoms with Crippen molar-refractivity contribution < 1.29 is 97.9 Å². The van der Waals surface area contributed by atoms with Crippen molar-refractivity contribution in [1.82, 2.24) is 15.0 Å². The van der Waals surface area contributed by atoms with E-state index in [0.717, 1.165) is 36.5 Å². The SMILES string of the molecule is COc1cc(F)c(C(C)(C)O)nc1-c1ccc(C(F)(F)F)cc1CN(Cc1cc(C(F)(F)F)cc(C(F)(F)F)c1)c1ncc(OCCCC(=O)[O-])cn1.[Na+]. The van der Waals surface area contributed by atoms with Gasteiger partial charge in [0.05, 0.1) is 42.8 Å². The molecule has 1 N–H and O–H groups in total. The fraction of sp³-hybridized carbons (Fsp3) is 0.353. The topological polar surface area (TPSA) is 121 Å². The van der Waals surface area contributed by atoms with Gasteiger partial charge in [-0.15, -0.1) is 0 Å². The van der Waals surface area contributed by atoms with Gasteiger partial charge in [0.1, 0.15) is 22.7 Å². The molecule has 0 aliphatic rings. The third-order valence-electron chi connectivity index (χ3n) is 7.50. The van der Waals surface area contributed by atoms with Crippen molar-refractivity contribution in [2.75, 3.05) is 18.6 Å². The van der Waals surface area contributed by atoms with E-state index in [-0.39, 0.29) is 83.4 Å². The number of aliphatic hydroxyl groups is 1. The molecule has 0 amide bonds. The summed E-state index contributed by atoms with van der Waals surface area (Å²) in [6.07, 6.45) is -13.6. The maximum Gasteiger partial charge on any atom is 1.00 e. The number of anilines is 1. The van der Waals surface area contributed by atoms with Crippen LogP contribution in [0, 0.1) is 5.82 Å². The van der Waals surface area contributed by atoms with Gasteiger partial charge in [-0.25, -0.2) is 19.3 Å². The number of carbonyl (C=O) groups is 1. The molecule has 286 valence electrons. The first kappa shape index (κ1) is 44.2. The summed E-state index contributed by atoms with van der Waals surface area (Å²) in [6.45, 7) is 0.725. The summed E-state index contributed by atoms with van der Waals surface area (Å²) in [5.74, 6) is -3.05. The second-order valence-electron chi connectivity index (χ2n) is 12.1. The van der Waals surface area contributed by atoms with Gasteiger partial charge in [0.25, 0.3) is 0 Å². The van der Waals surface area contributed by atoms with Crippen LogP contribution < -0.4 is 49.0 Å². The van der Waals surface area contributed by atoms with Gasteiger partial charge in [-0.05, 0) is 68.1 Å². The number of hydrogen-bond acceptors (Lipinski definition) is 9. The van der Waals surface area contributed by atoms with E-state index in [2.05, 4.69) is 15.0 Å². The summed E-state index contributed by atoms with van der Waals surface area (Å²) < 4.78 is 150. The third-order valence-corrected chi connectivity index (χ3v) is 7.50. The van der Waals surface area contributed by atoms with E-state index in [0.29, 0.717) is 24.3 Å². The van der Waals surface area contributed by atoms with Crippen molar-refractivity contribution in [3.63, 3.8) is 0 Å². The summed E-state index contributed by atoms with van der Waals surface area (Å²) in [7, 11) is 1.11. The molecule has 0 fully saturated rings. The van der Waals surface area contributed by atoms with Crippen LogP contribution in [0.15, 0.2) is 54.9 Å². The molecule has 9 nitrogen and oxygen atoms in total. The van der Waals surface area contributed by atoms with E-state index >= 15 is 0 Å². The maximum absolute atomic E-state index is 14.9. The third kappa shape index (κ3) is 11.4. The fourth-order valence-electron chi connectivity index (χ4n) is 5.07. The monoisotopic (exact) mass is 786 g/mol. The Morgan fingerprint density at radius 2 is 1.43 bits per heavy atom. The van der Waals surface area contributed by atoms with Crippen molar-refractivity contribution in [3.05, 3.63) is 94.2 Å². The van der Waals surface area contributed by atoms with Crippen LogP contribution in [0.3, 0.4) is 0 Å². The van der Waals surface area contributed by atoms with Crippen molar-refractivity contribution in [3.8, 4) is 22.8 Å². The minimum atomic E-state index is -5.22. The van der Waals surface area contributed by atoms with Crippen LogP contribution in [-0.2, 0) is 42.0 Å². The molecule has 0 aliphatic carbocycles. The van der Waals surface area contributed by atoms with E-state index in [1.165, 1.54) is 13.8 Å². The predicted octanol–water partition coefficient (Wildman–Crippen LogP) is 4.09. The summed E-state index contributed by atoms with van der Waals surface area (Å²) in [6, 6.07) is 3.90. The molecule has 4 rings (SSSR count). The smallest absolute Gasteiger partial charge is 0.550 e. The number of carbonyl (C=O) groups excluding carboxylic acids is 1. The van der Waals surface area contributed by atoms with Crippen LogP contribution >= 0.6 is 0 Å². The first-order valence-corrected chi connectivity index (χ1v) is 15.3. The van der Waals surface area contributed by atoms with Crippen molar-refractivity contribution >= 4 is 11.9 Å². The zero-order valence-electron chi connectivity index (χ0n) is 28.9. The number of halogens is 10. The first-order valence-electron chi connectivity index (χ1n) is 15.3. The van der Waals surface area contributed by atoms with Crippen molar-refractivity contribution in [2.45, 2.75) is 63.9 Å². The molecule has 4 aromatic rings. The van der Waals surface area contributed by atoms with E-state index in [1.54, 1.807) is 0 Å². The summed E-state index contributed by atoms with van der Waals surface area (Å²) >= 11 is 0. The van der Waals surface area contributed by atoms with Gasteiger partial charge >= 0.3 is 48.1 Å². The molecule has 0 radical (unpaired) electrons. The maximum atomic E-state index is 14.9. The molecule has 0 aliphatic heterocycles. The molecule has 0 spiro atoms. The molecule has 0 saturated carbocycles. The van der Waals surface area contributed by atoms with E-state index in [9.17, 15) is 58.9 Å². The van der Waals surface area contributed by atoms with E-state index in [1.807, 2.05) is 0 Å². The Bertz CT molecular complexity index is 1900. The van der Waals surface area contributed by atoms with E-state index in [4.69, 9.17) is 9.47 Å². The number of carboxylic acids is 1. The van der Waals surface area contributed by atoms with Crippen LogP contribution in [0.5, 0.6) is 11.5 Å². The number of methoxy groups -OCH3 is 1. The molecular weight excluding hydrogens is 757 g/mol. The Hall–Kier alpha value is -4.20. The van der Waals surface area contributed by atoms with Crippen LogP contribution in [0.4, 0.5) is 49.9 Å². The van der Waals surface area contributed by atoms with Gasteiger partial charge < -0.3 is 29.4 Å². The number of ether oxygens (including phenoxy) is 2. The molecule has 2 aromatic carbocycles. The average Bonchev–Trinajstić information content (AvgIpc) is 3.04. The fourth-order valence-corrected chi connectivity index (χ4v) is 5.07. The molecule has 0 bridgehead atoms. The van der Waals surface area contributed by atoms with Crippen molar-refractivity contribution in [1.29, 1.82) is 0 Å². The molecule has 0 unspecified atom stereocenters. The Balaban J connectivity index is 0.00000784. The van der Waals surface area contributed by atoms with Crippen LogP contribution in [0.2, 0.25) is 0 Å². The molecule has 2 aromatic heterocycles. The normalized spacial score (nSPS) is 12.3. The van der Waals surface area contributed by atoms with Gasteiger partial charge in [-0.3, -0.25) is 0 Å². The number of alkyl halides is 9. The van der Waals surface area contributed by atoms with Gasteiger partial charge in [-0.2, -0.15) is 39.5 Å². The number of nitrogens with zero attached hydrogens (tertiary/aromatic N) is 4. The van der Waals surface area contributed by atoms with Crippen molar-refractivity contribution in [2.24, 2.45) is 0 Å². The Morgan fingerprint density at radius 1 is 0.852 bits per heavy atom. The average molecular weight is 787 g/mol. The number of hydrogen-bond donors (Lipinski definition) is 1. The standard InChI is InChI=1S/C34H30F10N4O5.Na/c1-31(2,51)29-25(35)13-26(52-3)28(47-29)24-7-6-20(32(36,37)38)11-19(24)17-48(30-45-14-23(15-46-30)53-8-4-5-27(49)50)16-18-9-21(33(39,40)41)12-22(10-18)34(42,43)44;/h6-7,9-15,51H,4-5,8,16-17H2,1-3H3,(H,49,50);/q;+1/p-1.